The molecular weight excluding hydrogens is 392 g/mol. The Morgan fingerprint density at radius 3 is 1.91 bits per heavy atom. The van der Waals surface area contributed by atoms with Gasteiger partial charge >= 0.3 is 0 Å². The number of Topliss-reactive ketones (excluding diaryl/α,β-unsaturated/α-hetero) is 1. The molecule has 2 bridgehead atoms. The first-order chi connectivity index (χ1) is 15.3. The molecule has 2 nitrogen and oxygen atoms in total. The summed E-state index contributed by atoms with van der Waals surface area (Å²) in [7, 11) is 0. The van der Waals surface area contributed by atoms with Crippen molar-refractivity contribution in [1.29, 1.82) is 0 Å². The molecule has 160 valence electrons. The summed E-state index contributed by atoms with van der Waals surface area (Å²) in [5.74, 6) is 0.498. The van der Waals surface area contributed by atoms with Gasteiger partial charge in [-0.15, -0.1) is 0 Å². The summed E-state index contributed by atoms with van der Waals surface area (Å²) >= 11 is 0. The van der Waals surface area contributed by atoms with Gasteiger partial charge in [0, 0.05) is 22.1 Å². The van der Waals surface area contributed by atoms with Crippen LogP contribution in [0.3, 0.4) is 0 Å². The minimum Gasteiger partial charge on any atom is -0.294 e. The van der Waals surface area contributed by atoms with E-state index in [-0.39, 0.29) is 28.3 Å². The van der Waals surface area contributed by atoms with Gasteiger partial charge in [-0.1, -0.05) is 99.6 Å². The Bertz CT molecular complexity index is 1230. The van der Waals surface area contributed by atoms with E-state index >= 15 is 0 Å². The fourth-order valence-corrected chi connectivity index (χ4v) is 5.81. The second-order valence-electron chi connectivity index (χ2n) is 9.90. The zero-order valence-electron chi connectivity index (χ0n) is 18.9. The molecular formula is C30H28O2. The molecule has 5 rings (SSSR count). The number of hydrogen-bond donors (Lipinski definition) is 0. The molecule has 2 unspecified atom stereocenters. The maximum Gasteiger partial charge on any atom is 0.193 e. The Morgan fingerprint density at radius 1 is 0.750 bits per heavy atom. The lowest BCUT2D eigenvalue weighted by Crippen LogP contribution is -2.32. The van der Waals surface area contributed by atoms with Gasteiger partial charge < -0.3 is 0 Å². The Morgan fingerprint density at radius 2 is 1.31 bits per heavy atom. The Balaban J connectivity index is 1.71. The van der Waals surface area contributed by atoms with Crippen molar-refractivity contribution in [2.24, 2.45) is 16.7 Å². The number of benzene rings is 3. The highest BCUT2D eigenvalue weighted by Crippen LogP contribution is 2.66. The Hall–Kier alpha value is -3.26. The lowest BCUT2D eigenvalue weighted by Gasteiger charge is -2.31. The van der Waals surface area contributed by atoms with E-state index in [0.29, 0.717) is 11.1 Å². The third kappa shape index (κ3) is 2.93. The van der Waals surface area contributed by atoms with Crippen molar-refractivity contribution >= 4 is 17.1 Å². The van der Waals surface area contributed by atoms with E-state index < -0.39 is 0 Å². The average molecular weight is 421 g/mol. The Kier molecular flexibility index (Phi) is 4.78. The first-order valence-electron chi connectivity index (χ1n) is 11.4. The molecule has 2 fully saturated rings. The van der Waals surface area contributed by atoms with Crippen molar-refractivity contribution in [2.45, 2.75) is 33.6 Å². The summed E-state index contributed by atoms with van der Waals surface area (Å²) in [6.45, 7) is 6.63. The molecule has 32 heavy (non-hydrogen) atoms. The molecule has 3 aromatic carbocycles. The zero-order valence-corrected chi connectivity index (χ0v) is 18.9. The van der Waals surface area contributed by atoms with Crippen LogP contribution >= 0.6 is 0 Å². The van der Waals surface area contributed by atoms with Gasteiger partial charge in [0.1, 0.15) is 0 Å². The number of allylic oxidation sites excluding steroid dienone is 1. The largest absolute Gasteiger partial charge is 0.294 e. The van der Waals surface area contributed by atoms with Gasteiger partial charge in [0.25, 0.3) is 0 Å². The van der Waals surface area contributed by atoms with Gasteiger partial charge in [-0.25, -0.2) is 0 Å². The minimum absolute atomic E-state index is 0.00331. The number of carbonyl (C=O) groups is 2. The van der Waals surface area contributed by atoms with Crippen LogP contribution < -0.4 is 0 Å². The molecule has 0 aliphatic heterocycles. The van der Waals surface area contributed by atoms with E-state index in [9.17, 15) is 9.59 Å². The first kappa shape index (κ1) is 20.6. The van der Waals surface area contributed by atoms with Gasteiger partial charge in [-0.3, -0.25) is 9.59 Å². The number of carbonyl (C=O) groups excluding carboxylic acids is 2. The lowest BCUT2D eigenvalue weighted by atomic mass is 9.70. The van der Waals surface area contributed by atoms with Crippen LogP contribution in [-0.4, -0.2) is 11.6 Å². The molecule has 2 aliphatic rings. The molecule has 0 spiro atoms. The van der Waals surface area contributed by atoms with E-state index in [2.05, 4.69) is 32.9 Å². The van der Waals surface area contributed by atoms with Gasteiger partial charge in [0.2, 0.25) is 0 Å². The second kappa shape index (κ2) is 7.41. The number of rotatable bonds is 4. The SMILES string of the molecule is CC12CCC(C(=C(c3ccccc3)c3cccc(C(=O)c4ccccc4)c3)C1=O)C2(C)C. The van der Waals surface area contributed by atoms with Gasteiger partial charge in [0.15, 0.2) is 11.6 Å². The molecule has 0 radical (unpaired) electrons. The smallest absolute Gasteiger partial charge is 0.193 e. The van der Waals surface area contributed by atoms with Crippen molar-refractivity contribution < 1.29 is 9.59 Å². The number of fused-ring (bicyclic) bond motifs is 2. The maximum absolute atomic E-state index is 13.8. The van der Waals surface area contributed by atoms with E-state index in [4.69, 9.17) is 0 Å². The summed E-state index contributed by atoms with van der Waals surface area (Å²) in [6.07, 6.45) is 1.98. The number of ketones is 2. The van der Waals surface area contributed by atoms with Crippen molar-refractivity contribution in [3.63, 3.8) is 0 Å². The highest BCUT2D eigenvalue weighted by Gasteiger charge is 2.64. The predicted octanol–water partition coefficient (Wildman–Crippen LogP) is 6.74. The third-order valence-corrected chi connectivity index (χ3v) is 8.10. The number of hydrogen-bond acceptors (Lipinski definition) is 2. The highest BCUT2D eigenvalue weighted by molar-refractivity contribution is 6.13. The molecule has 0 amide bonds. The van der Waals surface area contributed by atoms with Crippen LogP contribution in [0.4, 0.5) is 0 Å². The molecule has 2 aliphatic carbocycles. The average Bonchev–Trinajstić information content (AvgIpc) is 3.14. The molecule has 0 aromatic heterocycles. The summed E-state index contributed by atoms with van der Waals surface area (Å²) < 4.78 is 0. The normalized spacial score (nSPS) is 25.1. The van der Waals surface area contributed by atoms with Crippen molar-refractivity contribution in [3.05, 3.63) is 113 Å². The molecule has 3 aromatic rings. The van der Waals surface area contributed by atoms with E-state index in [1.807, 2.05) is 72.8 Å². The van der Waals surface area contributed by atoms with E-state index in [0.717, 1.165) is 35.1 Å². The zero-order chi connectivity index (χ0) is 22.5. The van der Waals surface area contributed by atoms with Crippen LogP contribution in [0.15, 0.2) is 90.5 Å². The standard InChI is InChI=1S/C30H28O2/c1-29(2)24-17-18-30(29,3)28(32)26(24)25(20-11-6-4-7-12-20)22-15-10-16-23(19-22)27(31)21-13-8-5-9-14-21/h4-16,19,24H,17-18H2,1-3H3. The highest BCUT2D eigenvalue weighted by atomic mass is 16.1. The van der Waals surface area contributed by atoms with Crippen molar-refractivity contribution in [1.82, 2.24) is 0 Å². The molecule has 0 heterocycles. The maximum atomic E-state index is 13.8. The predicted molar refractivity (Wildman–Crippen MR) is 128 cm³/mol. The van der Waals surface area contributed by atoms with Gasteiger partial charge in [-0.05, 0) is 46.9 Å². The Labute approximate surface area is 190 Å². The fraction of sp³-hybridized carbons (Fsp3) is 0.267. The topological polar surface area (TPSA) is 34.1 Å². The quantitative estimate of drug-likeness (QED) is 0.346. The summed E-state index contributed by atoms with van der Waals surface area (Å²) in [4.78, 5) is 26.9. The van der Waals surface area contributed by atoms with Crippen LogP contribution in [0.2, 0.25) is 0 Å². The fourth-order valence-electron chi connectivity index (χ4n) is 5.81. The van der Waals surface area contributed by atoms with Crippen molar-refractivity contribution in [3.8, 4) is 0 Å². The first-order valence-corrected chi connectivity index (χ1v) is 11.4. The summed E-state index contributed by atoms with van der Waals surface area (Å²) in [6, 6.07) is 27.3. The summed E-state index contributed by atoms with van der Waals surface area (Å²) in [5.41, 5.74) is 4.81. The van der Waals surface area contributed by atoms with Gasteiger partial charge in [-0.2, -0.15) is 0 Å². The summed E-state index contributed by atoms with van der Waals surface area (Å²) in [5, 5.41) is 0. The van der Waals surface area contributed by atoms with Crippen molar-refractivity contribution in [2.75, 3.05) is 0 Å². The minimum atomic E-state index is -0.329. The van der Waals surface area contributed by atoms with Crippen LogP contribution in [0.1, 0.15) is 60.7 Å². The molecule has 2 atom stereocenters. The molecule has 0 N–H and O–H groups in total. The second-order valence-corrected chi connectivity index (χ2v) is 9.90. The lowest BCUT2D eigenvalue weighted by molar-refractivity contribution is -0.125. The van der Waals surface area contributed by atoms with Crippen LogP contribution in [0, 0.1) is 16.7 Å². The van der Waals surface area contributed by atoms with Crippen LogP contribution in [0.5, 0.6) is 0 Å². The molecule has 0 saturated heterocycles. The van der Waals surface area contributed by atoms with E-state index in [1.165, 1.54) is 0 Å². The third-order valence-electron chi connectivity index (χ3n) is 8.10. The van der Waals surface area contributed by atoms with Gasteiger partial charge in [0.05, 0.1) is 0 Å². The monoisotopic (exact) mass is 420 g/mol. The van der Waals surface area contributed by atoms with Crippen LogP contribution in [-0.2, 0) is 4.79 Å². The molecule has 2 saturated carbocycles. The van der Waals surface area contributed by atoms with Crippen LogP contribution in [0.25, 0.3) is 5.57 Å². The molecule has 2 heteroatoms. The van der Waals surface area contributed by atoms with E-state index in [1.54, 1.807) is 0 Å².